The van der Waals surface area contributed by atoms with E-state index in [9.17, 15) is 97.5 Å². The number of carboxylic acid groups (broad SMARTS) is 2. The Morgan fingerprint density at radius 2 is 0.784 bits per heavy atom. The first-order valence-electron chi connectivity index (χ1n) is 28.0. The minimum Gasteiger partial charge on any atom is -0.481 e. The average molecular weight is 1260 g/mol. The molecule has 0 rings (SSSR count). The molecule has 0 radical (unpaired) electrons. The van der Waals surface area contributed by atoms with Crippen LogP contribution < -0.4 is 87.2 Å². The van der Waals surface area contributed by atoms with E-state index >= 15 is 0 Å². The normalized spacial score (nSPS) is 15.5. The molecule has 0 aliphatic carbocycles. The number of guanidine groups is 1. The van der Waals surface area contributed by atoms with E-state index in [1.54, 1.807) is 13.8 Å². The van der Waals surface area contributed by atoms with Gasteiger partial charge >= 0.3 is 11.9 Å². The molecular formula is C51H89N17O20. The van der Waals surface area contributed by atoms with Crippen molar-refractivity contribution < 1.29 is 97.5 Å². The van der Waals surface area contributed by atoms with Gasteiger partial charge < -0.3 is 113 Å². The largest absolute Gasteiger partial charge is 0.481 e. The monoisotopic (exact) mass is 1260 g/mol. The van der Waals surface area contributed by atoms with Gasteiger partial charge in [0.1, 0.15) is 66.5 Å². The fourth-order valence-electron chi connectivity index (χ4n) is 7.84. The van der Waals surface area contributed by atoms with Crippen LogP contribution in [0.5, 0.6) is 0 Å². The molecule has 0 heterocycles. The van der Waals surface area contributed by atoms with Gasteiger partial charge in [-0.1, -0.05) is 27.7 Å². The van der Waals surface area contributed by atoms with Crippen LogP contribution in [0, 0.1) is 17.2 Å². The number of hydrogen-bond donors (Lipinski definition) is 22. The van der Waals surface area contributed by atoms with Gasteiger partial charge in [-0.05, 0) is 77.6 Å². The summed E-state index contributed by atoms with van der Waals surface area (Å²) in [5.41, 5.74) is 26.8. The molecule has 0 aliphatic heterocycles. The molecule has 498 valence electrons. The molecule has 27 N–H and O–H groups in total. The van der Waals surface area contributed by atoms with E-state index in [-0.39, 0.29) is 44.1 Å². The highest BCUT2D eigenvalue weighted by Gasteiger charge is 2.38. The molecule has 0 fully saturated rings. The number of aliphatic carboxylic acids is 2. The lowest BCUT2D eigenvalue weighted by molar-refractivity contribution is -0.142. The van der Waals surface area contributed by atoms with Crippen molar-refractivity contribution >= 4 is 94.7 Å². The first-order valence-corrected chi connectivity index (χ1v) is 28.0. The maximum absolute atomic E-state index is 13.9. The van der Waals surface area contributed by atoms with Crippen molar-refractivity contribution in [3.05, 3.63) is 0 Å². The molecular weight excluding hydrogens is 1170 g/mol. The first kappa shape index (κ1) is 79.2. The minimum absolute atomic E-state index is 0.0735. The fraction of sp³-hybridized carbons (Fsp3) is 0.686. The number of nitrogens with one attached hydrogen (secondary N) is 12. The number of carbonyl (C=O) groups excluding carboxylic acids is 13. The van der Waals surface area contributed by atoms with E-state index in [1.807, 2.05) is 0 Å². The molecule has 0 bridgehead atoms. The molecule has 0 aromatic carbocycles. The third kappa shape index (κ3) is 31.0. The summed E-state index contributed by atoms with van der Waals surface area (Å²) in [6.07, 6.45) is -7.69. The summed E-state index contributed by atoms with van der Waals surface area (Å²) >= 11 is 0. The highest BCUT2D eigenvalue weighted by molar-refractivity contribution is 5.99. The Bertz CT molecular complexity index is 2480. The molecule has 13 amide bonds. The Labute approximate surface area is 506 Å². The summed E-state index contributed by atoms with van der Waals surface area (Å²) in [6.45, 7) is 8.50. The third-order valence-electron chi connectivity index (χ3n) is 12.9. The van der Waals surface area contributed by atoms with Gasteiger partial charge in [0.05, 0.1) is 18.8 Å². The van der Waals surface area contributed by atoms with E-state index in [2.05, 4.69) is 58.5 Å². The van der Waals surface area contributed by atoms with Gasteiger partial charge in [-0.3, -0.25) is 72.5 Å². The van der Waals surface area contributed by atoms with E-state index < -0.39 is 225 Å². The summed E-state index contributed by atoms with van der Waals surface area (Å²) in [7, 11) is 0. The van der Waals surface area contributed by atoms with E-state index in [0.29, 0.717) is 0 Å². The zero-order chi connectivity index (χ0) is 67.9. The van der Waals surface area contributed by atoms with Crippen molar-refractivity contribution in [2.45, 2.75) is 198 Å². The van der Waals surface area contributed by atoms with Crippen molar-refractivity contribution in [3.8, 4) is 0 Å². The SMILES string of the molecule is CC(C)C[C@H](NC(=O)[C@H](CCC(N)=O)NC(=O)[C@H](CCC(=O)O)NC(=O)[C@H](C)NC(=O)[C@H](CCC(N)=O)NC(=O)[C@@H](NC(=O)[C@H](CO)NC(=O)[C@@H](NC(=O)[C@H](CCC(N)=O)NC(=O)[C@@H](N)[C@@H](C)O)C(C)C)[C@@H](C)O)C(=O)N[C@@H](CCCNC(=N)N)C(=O)O. The number of carboxylic acids is 2. The summed E-state index contributed by atoms with van der Waals surface area (Å²) in [4.78, 5) is 195. The molecule has 88 heavy (non-hydrogen) atoms. The standard InChI is InChI=1S/C51H89N17O20/c1-21(2)19-31(45(82)64-30(50(87)88)9-8-18-58-51(56)57)65-43(80)27(11-15-34(53)73)61-42(79)29(13-17-36(75)76)60-40(77)23(5)59-41(78)26(10-14-33(52)72)63-49(86)39(25(7)71)68-46(83)32(20-69)66-48(85)38(22(3)4)67-44(81)28(12-16-35(54)74)62-47(84)37(55)24(6)70/h21-32,37-39,69-71H,8-20,55H2,1-7H3,(H2,52,72)(H2,53,73)(H2,54,74)(H,59,78)(H,60,77)(H,61,79)(H,62,84)(H,63,86)(H,64,82)(H,65,80)(H,66,85)(H,67,81)(H,68,83)(H,75,76)(H,87,88)(H4,56,57,58)/t23-,24+,25+,26-,27-,28-,29-,30-,31-,32-,37-,38-,39-/m0/s1. The van der Waals surface area contributed by atoms with Crippen LogP contribution in [0.4, 0.5) is 0 Å². The lowest BCUT2D eigenvalue weighted by atomic mass is 10.0. The molecule has 0 aliphatic rings. The molecule has 0 aromatic rings. The van der Waals surface area contributed by atoms with Crippen LogP contribution in [0.1, 0.15) is 119 Å². The van der Waals surface area contributed by atoms with Crippen LogP contribution in [0.15, 0.2) is 0 Å². The number of carbonyl (C=O) groups is 15. The van der Waals surface area contributed by atoms with E-state index in [4.69, 9.17) is 34.1 Å². The van der Waals surface area contributed by atoms with Gasteiger partial charge in [0.25, 0.3) is 0 Å². The molecule has 37 nitrogen and oxygen atoms in total. The number of nitrogens with two attached hydrogens (primary N) is 5. The fourth-order valence-corrected chi connectivity index (χ4v) is 7.84. The highest BCUT2D eigenvalue weighted by Crippen LogP contribution is 2.12. The number of rotatable bonds is 43. The van der Waals surface area contributed by atoms with Crippen molar-refractivity contribution in [2.24, 2.45) is 40.5 Å². The molecule has 13 atom stereocenters. The summed E-state index contributed by atoms with van der Waals surface area (Å²) in [5, 5.41) is 82.3. The summed E-state index contributed by atoms with van der Waals surface area (Å²) < 4.78 is 0. The molecule has 0 saturated heterocycles. The molecule has 0 spiro atoms. The van der Waals surface area contributed by atoms with Gasteiger partial charge in [-0.15, -0.1) is 0 Å². The molecule has 0 unspecified atom stereocenters. The van der Waals surface area contributed by atoms with E-state index in [0.717, 1.165) is 13.8 Å². The zero-order valence-electron chi connectivity index (χ0n) is 50.1. The minimum atomic E-state index is -2.01. The highest BCUT2D eigenvalue weighted by atomic mass is 16.4. The number of aliphatic hydroxyl groups excluding tert-OH is 3. The van der Waals surface area contributed by atoms with Crippen LogP contribution in [-0.2, 0) is 71.9 Å². The molecule has 0 aromatic heterocycles. The van der Waals surface area contributed by atoms with Crippen LogP contribution >= 0.6 is 0 Å². The summed E-state index contributed by atoms with van der Waals surface area (Å²) in [6, 6.07) is -18.4. The lowest BCUT2D eigenvalue weighted by Crippen LogP contribution is -2.63. The zero-order valence-corrected chi connectivity index (χ0v) is 50.1. The number of amides is 13. The van der Waals surface area contributed by atoms with Gasteiger partial charge in [-0.2, -0.15) is 0 Å². The van der Waals surface area contributed by atoms with Crippen molar-refractivity contribution in [1.82, 2.24) is 58.5 Å². The van der Waals surface area contributed by atoms with Gasteiger partial charge in [0, 0.05) is 32.2 Å². The Morgan fingerprint density at radius 3 is 1.19 bits per heavy atom. The Balaban J connectivity index is 6.58. The summed E-state index contributed by atoms with van der Waals surface area (Å²) in [5.74, 6) is -18.5. The maximum atomic E-state index is 13.9. The second-order valence-corrected chi connectivity index (χ2v) is 21.5. The first-order chi connectivity index (χ1) is 40.8. The van der Waals surface area contributed by atoms with E-state index in [1.165, 1.54) is 20.8 Å². The smallest absolute Gasteiger partial charge is 0.326 e. The number of aliphatic hydroxyl groups is 3. The molecule has 0 saturated carbocycles. The second kappa shape index (κ2) is 39.8. The predicted molar refractivity (Wildman–Crippen MR) is 307 cm³/mol. The predicted octanol–water partition coefficient (Wildman–Crippen LogP) is -9.35. The van der Waals surface area contributed by atoms with Crippen LogP contribution in [0.2, 0.25) is 0 Å². The van der Waals surface area contributed by atoms with Crippen LogP contribution in [0.25, 0.3) is 0 Å². The number of primary amides is 3. The van der Waals surface area contributed by atoms with Gasteiger partial charge in [0.15, 0.2) is 5.96 Å². The maximum Gasteiger partial charge on any atom is 0.326 e. The van der Waals surface area contributed by atoms with Gasteiger partial charge in [0.2, 0.25) is 76.8 Å². The third-order valence-corrected chi connectivity index (χ3v) is 12.9. The van der Waals surface area contributed by atoms with Gasteiger partial charge in [-0.25, -0.2) is 4.79 Å². The number of hydrogen-bond acceptors (Lipinski definition) is 20. The van der Waals surface area contributed by atoms with Crippen LogP contribution in [0.3, 0.4) is 0 Å². The second-order valence-electron chi connectivity index (χ2n) is 21.5. The van der Waals surface area contributed by atoms with Crippen molar-refractivity contribution in [1.29, 1.82) is 5.41 Å². The topological polar surface area (TPSA) is 643 Å². The Kier molecular flexibility index (Phi) is 35.8. The Morgan fingerprint density at radius 1 is 0.420 bits per heavy atom. The average Bonchev–Trinajstić information content (AvgIpc) is 2.88. The van der Waals surface area contributed by atoms with Crippen molar-refractivity contribution in [2.75, 3.05) is 13.2 Å². The quantitative estimate of drug-likeness (QED) is 0.0153. The van der Waals surface area contributed by atoms with Crippen molar-refractivity contribution in [3.63, 3.8) is 0 Å². The van der Waals surface area contributed by atoms with Crippen LogP contribution in [-0.4, -0.2) is 212 Å². The lowest BCUT2D eigenvalue weighted by Gasteiger charge is -2.29. The Hall–Kier alpha value is -8.84. The molecule has 37 heteroatoms.